The highest BCUT2D eigenvalue weighted by Gasteiger charge is 2.35. The molecule has 5 nitrogen and oxygen atoms in total. The number of benzene rings is 1. The van der Waals surface area contributed by atoms with Gasteiger partial charge in [0.05, 0.1) is 6.42 Å². The van der Waals surface area contributed by atoms with Gasteiger partial charge in [-0.15, -0.1) is 0 Å². The number of carbonyl (C=O) groups excluding carboxylic acids is 1. The molecule has 1 fully saturated rings. The van der Waals surface area contributed by atoms with Gasteiger partial charge < -0.3 is 10.6 Å². The fraction of sp³-hybridized carbons (Fsp3) is 0.500. The van der Waals surface area contributed by atoms with E-state index in [9.17, 15) is 13.2 Å². The lowest BCUT2D eigenvalue weighted by atomic mass is 10.1. The van der Waals surface area contributed by atoms with Crippen LogP contribution in [0.4, 0.5) is 5.69 Å². The van der Waals surface area contributed by atoms with Crippen LogP contribution in [0.15, 0.2) is 24.3 Å². The van der Waals surface area contributed by atoms with Crippen LogP contribution < -0.4 is 5.73 Å². The van der Waals surface area contributed by atoms with E-state index in [0.29, 0.717) is 18.0 Å². The topological polar surface area (TPSA) is 80.5 Å². The zero-order valence-electron chi connectivity index (χ0n) is 12.0. The van der Waals surface area contributed by atoms with Gasteiger partial charge in [0.2, 0.25) is 5.91 Å². The summed E-state index contributed by atoms with van der Waals surface area (Å²) in [5, 5.41) is -0.692. The molecule has 116 valence electrons. The Kier molecular flexibility index (Phi) is 5.16. The Bertz CT molecular complexity index is 599. The quantitative estimate of drug-likeness (QED) is 0.839. The molecule has 1 unspecified atom stereocenters. The number of hydrogen-bond donors (Lipinski definition) is 1. The average Bonchev–Trinajstić information content (AvgIpc) is 2.49. The Hall–Kier alpha value is -1.21. The standard InChI is InChI=1S/C14H20N2O3S2/c1-2-21(18,19)14-10-20-8-7-16(14)13(17)9-11-3-5-12(15)6-4-11/h3-6,14H,2,7-10,15H2,1H3. The summed E-state index contributed by atoms with van der Waals surface area (Å²) in [6.07, 6.45) is 0.209. The molecular weight excluding hydrogens is 308 g/mol. The van der Waals surface area contributed by atoms with Crippen molar-refractivity contribution in [2.75, 3.05) is 29.5 Å². The summed E-state index contributed by atoms with van der Waals surface area (Å²) in [4.78, 5) is 14.0. The zero-order chi connectivity index (χ0) is 15.5. The third kappa shape index (κ3) is 3.91. The van der Waals surface area contributed by atoms with Crippen molar-refractivity contribution in [3.8, 4) is 0 Å². The highest BCUT2D eigenvalue weighted by molar-refractivity contribution is 8.01. The first-order valence-corrected chi connectivity index (χ1v) is 9.74. The first kappa shape index (κ1) is 16.2. The minimum atomic E-state index is -3.25. The van der Waals surface area contributed by atoms with Gasteiger partial charge >= 0.3 is 0 Å². The molecule has 0 radical (unpaired) electrons. The number of anilines is 1. The maximum atomic E-state index is 12.4. The SMILES string of the molecule is CCS(=O)(=O)C1CSCCN1C(=O)Cc1ccc(N)cc1. The third-order valence-corrected chi connectivity index (χ3v) is 6.85. The van der Waals surface area contributed by atoms with Crippen LogP contribution in [0.1, 0.15) is 12.5 Å². The van der Waals surface area contributed by atoms with Crippen molar-refractivity contribution in [2.24, 2.45) is 0 Å². The number of hydrogen-bond acceptors (Lipinski definition) is 5. The number of sulfone groups is 1. The van der Waals surface area contributed by atoms with E-state index in [4.69, 9.17) is 5.73 Å². The van der Waals surface area contributed by atoms with E-state index >= 15 is 0 Å². The van der Waals surface area contributed by atoms with Gasteiger partial charge in [-0.3, -0.25) is 4.79 Å². The van der Waals surface area contributed by atoms with Crippen LogP contribution in [0.2, 0.25) is 0 Å². The summed E-state index contributed by atoms with van der Waals surface area (Å²) in [5.74, 6) is 1.17. The van der Waals surface area contributed by atoms with Crippen molar-refractivity contribution in [3.05, 3.63) is 29.8 Å². The summed E-state index contributed by atoms with van der Waals surface area (Å²) in [5.41, 5.74) is 7.11. The molecular formula is C14H20N2O3S2. The summed E-state index contributed by atoms with van der Waals surface area (Å²) < 4.78 is 24.3. The number of rotatable bonds is 4. The van der Waals surface area contributed by atoms with Crippen LogP contribution >= 0.6 is 11.8 Å². The van der Waals surface area contributed by atoms with E-state index in [2.05, 4.69) is 0 Å². The van der Waals surface area contributed by atoms with Crippen molar-refractivity contribution in [2.45, 2.75) is 18.7 Å². The van der Waals surface area contributed by atoms with Crippen molar-refractivity contribution < 1.29 is 13.2 Å². The number of nitrogen functional groups attached to an aromatic ring is 1. The molecule has 0 bridgehead atoms. The summed E-state index contributed by atoms with van der Waals surface area (Å²) in [6, 6.07) is 7.09. The molecule has 0 aromatic heterocycles. The van der Waals surface area contributed by atoms with Gasteiger partial charge in [0.1, 0.15) is 5.37 Å². The Morgan fingerprint density at radius 3 is 2.67 bits per heavy atom. The van der Waals surface area contributed by atoms with E-state index in [1.807, 2.05) is 0 Å². The minimum Gasteiger partial charge on any atom is -0.399 e. The number of carbonyl (C=O) groups is 1. The molecule has 1 aromatic rings. The van der Waals surface area contributed by atoms with E-state index in [-0.39, 0.29) is 18.1 Å². The van der Waals surface area contributed by atoms with E-state index in [1.54, 1.807) is 43.0 Å². The fourth-order valence-corrected chi connectivity index (χ4v) is 5.26. The zero-order valence-corrected chi connectivity index (χ0v) is 13.6. The van der Waals surface area contributed by atoms with Crippen LogP contribution in [0.5, 0.6) is 0 Å². The summed E-state index contributed by atoms with van der Waals surface area (Å²) >= 11 is 1.59. The van der Waals surface area contributed by atoms with E-state index in [0.717, 1.165) is 11.3 Å². The van der Waals surface area contributed by atoms with Crippen LogP contribution in [-0.2, 0) is 21.1 Å². The van der Waals surface area contributed by atoms with Crippen LogP contribution in [0, 0.1) is 0 Å². The first-order valence-electron chi connectivity index (χ1n) is 6.87. The number of thioether (sulfide) groups is 1. The molecule has 1 amide bonds. The lowest BCUT2D eigenvalue weighted by Gasteiger charge is -2.34. The molecule has 7 heteroatoms. The van der Waals surface area contributed by atoms with Crippen LogP contribution in [0.3, 0.4) is 0 Å². The number of nitrogens with zero attached hydrogens (tertiary/aromatic N) is 1. The Morgan fingerprint density at radius 2 is 2.05 bits per heavy atom. The molecule has 1 aromatic carbocycles. The largest absolute Gasteiger partial charge is 0.399 e. The maximum Gasteiger partial charge on any atom is 0.228 e. The van der Waals surface area contributed by atoms with Gasteiger partial charge in [0.25, 0.3) is 0 Å². The highest BCUT2D eigenvalue weighted by atomic mass is 32.2. The van der Waals surface area contributed by atoms with Gasteiger partial charge in [-0.2, -0.15) is 11.8 Å². The molecule has 0 saturated carbocycles. The maximum absolute atomic E-state index is 12.4. The van der Waals surface area contributed by atoms with Crippen molar-refractivity contribution in [3.63, 3.8) is 0 Å². The molecule has 1 saturated heterocycles. The molecule has 1 atom stereocenters. The third-order valence-electron chi connectivity index (χ3n) is 3.56. The second kappa shape index (κ2) is 6.70. The van der Waals surface area contributed by atoms with Crippen molar-refractivity contribution >= 4 is 33.2 Å². The second-order valence-corrected chi connectivity index (χ2v) is 8.58. The predicted molar refractivity (Wildman–Crippen MR) is 86.8 cm³/mol. The average molecular weight is 328 g/mol. The molecule has 1 heterocycles. The van der Waals surface area contributed by atoms with Gasteiger partial charge in [-0.25, -0.2) is 8.42 Å². The lowest BCUT2D eigenvalue weighted by molar-refractivity contribution is -0.130. The number of nitrogens with two attached hydrogens (primary N) is 1. The van der Waals surface area contributed by atoms with Crippen LogP contribution in [-0.4, -0.2) is 48.4 Å². The smallest absolute Gasteiger partial charge is 0.228 e. The van der Waals surface area contributed by atoms with Gasteiger partial charge in [-0.05, 0) is 17.7 Å². The minimum absolute atomic E-state index is 0.0594. The normalized spacial score (nSPS) is 19.5. The Labute approximate surface area is 129 Å². The summed E-state index contributed by atoms with van der Waals surface area (Å²) in [7, 11) is -3.25. The highest BCUT2D eigenvalue weighted by Crippen LogP contribution is 2.22. The van der Waals surface area contributed by atoms with E-state index < -0.39 is 15.2 Å². The molecule has 2 rings (SSSR count). The van der Waals surface area contributed by atoms with Crippen molar-refractivity contribution in [1.29, 1.82) is 0 Å². The first-order chi connectivity index (χ1) is 9.94. The molecule has 1 aliphatic rings. The Morgan fingerprint density at radius 1 is 1.38 bits per heavy atom. The molecule has 2 N–H and O–H groups in total. The Balaban J connectivity index is 2.13. The molecule has 1 aliphatic heterocycles. The van der Waals surface area contributed by atoms with Crippen molar-refractivity contribution in [1.82, 2.24) is 4.90 Å². The number of amides is 1. The second-order valence-electron chi connectivity index (χ2n) is 4.99. The molecule has 0 spiro atoms. The van der Waals surface area contributed by atoms with Crippen LogP contribution in [0.25, 0.3) is 0 Å². The lowest BCUT2D eigenvalue weighted by Crippen LogP contribution is -2.51. The van der Waals surface area contributed by atoms with Gasteiger partial charge in [0, 0.05) is 29.5 Å². The van der Waals surface area contributed by atoms with Gasteiger partial charge in [-0.1, -0.05) is 19.1 Å². The molecule has 21 heavy (non-hydrogen) atoms. The fourth-order valence-electron chi connectivity index (χ4n) is 2.27. The van der Waals surface area contributed by atoms with E-state index in [1.165, 1.54) is 4.90 Å². The van der Waals surface area contributed by atoms with Gasteiger partial charge in [0.15, 0.2) is 9.84 Å². The summed E-state index contributed by atoms with van der Waals surface area (Å²) in [6.45, 7) is 2.11. The predicted octanol–water partition coefficient (Wildman–Crippen LogP) is 1.15. The monoisotopic (exact) mass is 328 g/mol. The molecule has 0 aliphatic carbocycles.